The predicted molar refractivity (Wildman–Crippen MR) is 74.4 cm³/mol. The molecule has 5 nitrogen and oxygen atoms in total. The summed E-state index contributed by atoms with van der Waals surface area (Å²) in [5, 5.41) is 8.84. The Morgan fingerprint density at radius 1 is 1.44 bits per heavy atom. The molecule has 0 aliphatic rings. The first-order chi connectivity index (χ1) is 8.36. The molecule has 1 aromatic carbocycles. The SMILES string of the molecule is C#CCC(NS(=O)(=O)c1ccc(I)cc1)C(=O)O. The number of hydrogen-bond donors (Lipinski definition) is 2. The van der Waals surface area contributed by atoms with Gasteiger partial charge in [-0.1, -0.05) is 0 Å². The van der Waals surface area contributed by atoms with Gasteiger partial charge in [-0.25, -0.2) is 8.42 Å². The molecule has 0 fully saturated rings. The number of terminal acetylenes is 1. The Hall–Kier alpha value is -1.11. The van der Waals surface area contributed by atoms with Crippen LogP contribution in [-0.2, 0) is 14.8 Å². The maximum absolute atomic E-state index is 11.9. The van der Waals surface area contributed by atoms with Gasteiger partial charge in [-0.05, 0) is 46.9 Å². The topological polar surface area (TPSA) is 83.5 Å². The highest BCUT2D eigenvalue weighted by Gasteiger charge is 2.24. The second-order valence-electron chi connectivity index (χ2n) is 3.37. The van der Waals surface area contributed by atoms with Crippen molar-refractivity contribution < 1.29 is 18.3 Å². The van der Waals surface area contributed by atoms with E-state index in [1.165, 1.54) is 12.1 Å². The Balaban J connectivity index is 2.97. The minimum absolute atomic E-state index is 0.00573. The fraction of sp³-hybridized carbons (Fsp3) is 0.182. The normalized spacial score (nSPS) is 12.7. The van der Waals surface area contributed by atoms with Crippen LogP contribution in [-0.4, -0.2) is 25.5 Å². The number of benzene rings is 1. The second kappa shape index (κ2) is 6.17. The molecule has 2 N–H and O–H groups in total. The average Bonchev–Trinajstić information content (AvgIpc) is 2.28. The minimum Gasteiger partial charge on any atom is -0.480 e. The van der Waals surface area contributed by atoms with Gasteiger partial charge in [0.05, 0.1) is 4.90 Å². The summed E-state index contributed by atoms with van der Waals surface area (Å²) in [6, 6.07) is 4.72. The van der Waals surface area contributed by atoms with Crippen LogP contribution < -0.4 is 4.72 Å². The van der Waals surface area contributed by atoms with Crippen molar-refractivity contribution in [1.29, 1.82) is 0 Å². The maximum Gasteiger partial charge on any atom is 0.322 e. The van der Waals surface area contributed by atoms with Crippen LogP contribution in [0.3, 0.4) is 0 Å². The third-order valence-electron chi connectivity index (χ3n) is 2.04. The van der Waals surface area contributed by atoms with Crippen LogP contribution in [0.1, 0.15) is 6.42 Å². The van der Waals surface area contributed by atoms with Crippen LogP contribution in [0.5, 0.6) is 0 Å². The molecule has 0 radical (unpaired) electrons. The molecule has 1 atom stereocenters. The highest BCUT2D eigenvalue weighted by molar-refractivity contribution is 14.1. The molecule has 0 aromatic heterocycles. The van der Waals surface area contributed by atoms with Crippen molar-refractivity contribution in [3.63, 3.8) is 0 Å². The Labute approximate surface area is 119 Å². The van der Waals surface area contributed by atoms with Crippen molar-refractivity contribution in [3.05, 3.63) is 27.8 Å². The first-order valence-corrected chi connectivity index (χ1v) is 7.37. The molecule has 18 heavy (non-hydrogen) atoms. The monoisotopic (exact) mass is 379 g/mol. The number of rotatable bonds is 5. The third-order valence-corrected chi connectivity index (χ3v) is 4.25. The van der Waals surface area contributed by atoms with E-state index in [0.717, 1.165) is 3.57 Å². The summed E-state index contributed by atoms with van der Waals surface area (Å²) >= 11 is 2.04. The summed E-state index contributed by atoms with van der Waals surface area (Å²) in [6.07, 6.45) is 4.79. The van der Waals surface area contributed by atoms with Gasteiger partial charge in [0.2, 0.25) is 10.0 Å². The summed E-state index contributed by atoms with van der Waals surface area (Å²) in [4.78, 5) is 10.8. The van der Waals surface area contributed by atoms with Crippen molar-refractivity contribution >= 4 is 38.6 Å². The fourth-order valence-electron chi connectivity index (χ4n) is 1.17. The zero-order valence-corrected chi connectivity index (χ0v) is 12.1. The highest BCUT2D eigenvalue weighted by Crippen LogP contribution is 2.12. The van der Waals surface area contributed by atoms with E-state index in [-0.39, 0.29) is 11.3 Å². The highest BCUT2D eigenvalue weighted by atomic mass is 127. The molecular weight excluding hydrogens is 369 g/mol. The number of carboxylic acid groups (broad SMARTS) is 1. The standard InChI is InChI=1S/C11H10INO4S/c1-2-3-10(11(14)15)13-18(16,17)9-6-4-8(12)5-7-9/h1,4-7,10,13H,3H2,(H,14,15). The summed E-state index contributed by atoms with van der Waals surface area (Å²) in [6.45, 7) is 0. The second-order valence-corrected chi connectivity index (χ2v) is 6.33. The van der Waals surface area contributed by atoms with E-state index < -0.39 is 22.0 Å². The number of halogens is 1. The molecule has 0 bridgehead atoms. The molecular formula is C11H10INO4S. The summed E-state index contributed by atoms with van der Waals surface area (Å²) in [5.41, 5.74) is 0. The molecule has 0 aliphatic heterocycles. The number of sulfonamides is 1. The molecule has 1 rings (SSSR count). The van der Waals surface area contributed by atoms with Gasteiger partial charge < -0.3 is 5.11 Å². The van der Waals surface area contributed by atoms with Gasteiger partial charge in [-0.15, -0.1) is 12.3 Å². The number of aliphatic carboxylic acids is 1. The number of nitrogens with one attached hydrogen (secondary N) is 1. The average molecular weight is 379 g/mol. The van der Waals surface area contributed by atoms with Gasteiger partial charge >= 0.3 is 5.97 Å². The molecule has 7 heteroatoms. The molecule has 0 spiro atoms. The smallest absolute Gasteiger partial charge is 0.322 e. The van der Waals surface area contributed by atoms with Gasteiger partial charge in [0, 0.05) is 9.99 Å². The molecule has 0 aliphatic carbocycles. The van der Waals surface area contributed by atoms with Gasteiger partial charge in [0.1, 0.15) is 6.04 Å². The van der Waals surface area contributed by atoms with E-state index in [1.54, 1.807) is 12.1 Å². The van der Waals surface area contributed by atoms with E-state index in [9.17, 15) is 13.2 Å². The molecule has 0 saturated heterocycles. The molecule has 1 unspecified atom stereocenters. The zero-order valence-electron chi connectivity index (χ0n) is 9.13. The van der Waals surface area contributed by atoms with Crippen molar-refractivity contribution in [2.45, 2.75) is 17.4 Å². The Kier molecular flexibility index (Phi) is 5.13. The van der Waals surface area contributed by atoms with Gasteiger partial charge in [-0.3, -0.25) is 4.79 Å². The fourth-order valence-corrected chi connectivity index (χ4v) is 2.72. The molecule has 0 saturated carbocycles. The molecule has 1 aromatic rings. The first-order valence-electron chi connectivity index (χ1n) is 4.81. The van der Waals surface area contributed by atoms with E-state index in [0.29, 0.717) is 0 Å². The van der Waals surface area contributed by atoms with Crippen LogP contribution in [0.4, 0.5) is 0 Å². The van der Waals surface area contributed by atoms with Gasteiger partial charge in [0.15, 0.2) is 0 Å². The predicted octanol–water partition coefficient (Wildman–Crippen LogP) is 1.05. The Bertz CT molecular complexity index is 574. The summed E-state index contributed by atoms with van der Waals surface area (Å²) < 4.78 is 26.7. The lowest BCUT2D eigenvalue weighted by atomic mass is 10.2. The molecule has 0 heterocycles. The summed E-state index contributed by atoms with van der Waals surface area (Å²) in [5.74, 6) is 0.820. The van der Waals surface area contributed by atoms with Crippen molar-refractivity contribution in [2.24, 2.45) is 0 Å². The summed E-state index contributed by atoms with van der Waals surface area (Å²) in [7, 11) is -3.87. The van der Waals surface area contributed by atoms with Crippen LogP contribution in [0.2, 0.25) is 0 Å². The lowest BCUT2D eigenvalue weighted by Crippen LogP contribution is -2.40. The van der Waals surface area contributed by atoms with Gasteiger partial charge in [0.25, 0.3) is 0 Å². The Morgan fingerprint density at radius 2 is 2.00 bits per heavy atom. The van der Waals surface area contributed by atoms with E-state index in [1.807, 2.05) is 22.6 Å². The van der Waals surface area contributed by atoms with Crippen LogP contribution in [0.25, 0.3) is 0 Å². The first kappa shape index (κ1) is 14.9. The van der Waals surface area contributed by atoms with Crippen molar-refractivity contribution in [2.75, 3.05) is 0 Å². The molecule has 96 valence electrons. The van der Waals surface area contributed by atoms with Crippen molar-refractivity contribution in [1.82, 2.24) is 4.72 Å². The van der Waals surface area contributed by atoms with E-state index >= 15 is 0 Å². The lowest BCUT2D eigenvalue weighted by Gasteiger charge is -2.12. The van der Waals surface area contributed by atoms with Crippen LogP contribution >= 0.6 is 22.6 Å². The third kappa shape index (κ3) is 3.97. The van der Waals surface area contributed by atoms with Gasteiger partial charge in [-0.2, -0.15) is 4.72 Å². The quantitative estimate of drug-likeness (QED) is 0.592. The number of carbonyl (C=O) groups is 1. The zero-order chi connectivity index (χ0) is 13.8. The van der Waals surface area contributed by atoms with E-state index in [4.69, 9.17) is 11.5 Å². The maximum atomic E-state index is 11.9. The number of hydrogen-bond acceptors (Lipinski definition) is 3. The Morgan fingerprint density at radius 3 is 2.44 bits per heavy atom. The van der Waals surface area contributed by atoms with Crippen molar-refractivity contribution in [3.8, 4) is 12.3 Å². The minimum atomic E-state index is -3.87. The lowest BCUT2D eigenvalue weighted by molar-refractivity contribution is -0.138. The number of carboxylic acids is 1. The van der Waals surface area contributed by atoms with Crippen LogP contribution in [0.15, 0.2) is 29.2 Å². The van der Waals surface area contributed by atoms with Crippen LogP contribution in [0, 0.1) is 15.9 Å². The van der Waals surface area contributed by atoms with E-state index in [2.05, 4.69) is 10.6 Å². The largest absolute Gasteiger partial charge is 0.480 e. The molecule has 0 amide bonds.